The van der Waals surface area contributed by atoms with Crippen molar-refractivity contribution in [1.82, 2.24) is 15.5 Å². The smallest absolute Gasteiger partial charge is 0.271 e. The van der Waals surface area contributed by atoms with Gasteiger partial charge in [-0.3, -0.25) is 9.89 Å². The Kier molecular flexibility index (Phi) is 3.25. The maximum Gasteiger partial charge on any atom is 0.271 e. The van der Waals surface area contributed by atoms with Gasteiger partial charge in [-0.15, -0.1) is 0 Å². The number of aromatic nitrogens is 2. The first-order valence-corrected chi connectivity index (χ1v) is 4.62. The standard InChI is InChI=1S/C7H7IN4O/c1-4(2-9)11-7(13)6-5(8)3-10-12-6/h3-4H,1H3,(H,10,12)(H,11,13). The zero-order valence-corrected chi connectivity index (χ0v) is 8.99. The fraction of sp³-hybridized carbons (Fsp3) is 0.286. The van der Waals surface area contributed by atoms with Gasteiger partial charge in [-0.2, -0.15) is 10.4 Å². The highest BCUT2D eigenvalue weighted by Gasteiger charge is 2.13. The molecule has 0 radical (unpaired) electrons. The fourth-order valence-electron chi connectivity index (χ4n) is 0.732. The van der Waals surface area contributed by atoms with Gasteiger partial charge in [0.15, 0.2) is 0 Å². The van der Waals surface area contributed by atoms with E-state index in [2.05, 4.69) is 15.5 Å². The van der Waals surface area contributed by atoms with E-state index in [9.17, 15) is 4.79 Å². The Balaban J connectivity index is 2.71. The molecule has 5 nitrogen and oxygen atoms in total. The van der Waals surface area contributed by atoms with Crippen LogP contribution in [0.2, 0.25) is 0 Å². The number of carbonyl (C=O) groups excluding carboxylic acids is 1. The first-order chi connectivity index (χ1) is 6.15. The molecule has 0 saturated heterocycles. The van der Waals surface area contributed by atoms with Gasteiger partial charge in [0.2, 0.25) is 0 Å². The lowest BCUT2D eigenvalue weighted by atomic mass is 10.3. The highest BCUT2D eigenvalue weighted by atomic mass is 127. The summed E-state index contributed by atoms with van der Waals surface area (Å²) in [6.45, 7) is 1.61. The van der Waals surface area contributed by atoms with Gasteiger partial charge < -0.3 is 5.32 Å². The van der Waals surface area contributed by atoms with Crippen LogP contribution in [0.15, 0.2) is 6.20 Å². The molecule has 1 rings (SSSR count). The number of halogens is 1. The Labute approximate surface area is 88.7 Å². The van der Waals surface area contributed by atoms with Crippen LogP contribution in [0.1, 0.15) is 17.4 Å². The van der Waals surface area contributed by atoms with Crippen LogP contribution in [0.4, 0.5) is 0 Å². The van der Waals surface area contributed by atoms with Crippen LogP contribution in [0.3, 0.4) is 0 Å². The van der Waals surface area contributed by atoms with E-state index in [4.69, 9.17) is 5.26 Å². The van der Waals surface area contributed by atoms with E-state index in [0.29, 0.717) is 5.69 Å². The number of hydrogen-bond donors (Lipinski definition) is 2. The summed E-state index contributed by atoms with van der Waals surface area (Å²) >= 11 is 1.99. The molecule has 0 bridgehead atoms. The maximum atomic E-state index is 11.4. The van der Waals surface area contributed by atoms with E-state index in [1.165, 1.54) is 0 Å². The van der Waals surface area contributed by atoms with E-state index in [-0.39, 0.29) is 5.91 Å². The lowest BCUT2D eigenvalue weighted by Crippen LogP contribution is -2.32. The van der Waals surface area contributed by atoms with E-state index in [1.807, 2.05) is 28.7 Å². The molecule has 68 valence electrons. The Morgan fingerprint density at radius 1 is 1.92 bits per heavy atom. The summed E-state index contributed by atoms with van der Waals surface area (Å²) in [7, 11) is 0. The maximum absolute atomic E-state index is 11.4. The molecule has 1 aromatic heterocycles. The lowest BCUT2D eigenvalue weighted by Gasteiger charge is -2.03. The van der Waals surface area contributed by atoms with Gasteiger partial charge in [0.25, 0.3) is 5.91 Å². The van der Waals surface area contributed by atoms with Crippen LogP contribution >= 0.6 is 22.6 Å². The van der Waals surface area contributed by atoms with Crippen LogP contribution in [0.25, 0.3) is 0 Å². The summed E-state index contributed by atoms with van der Waals surface area (Å²) in [5, 5.41) is 17.2. The van der Waals surface area contributed by atoms with Crippen LogP contribution in [0.5, 0.6) is 0 Å². The van der Waals surface area contributed by atoms with Crippen LogP contribution in [-0.4, -0.2) is 22.1 Å². The van der Waals surface area contributed by atoms with Gasteiger partial charge in [0, 0.05) is 0 Å². The summed E-state index contributed by atoms with van der Waals surface area (Å²) in [6, 6.07) is 1.41. The molecule has 0 aliphatic carbocycles. The monoisotopic (exact) mass is 290 g/mol. The molecule has 2 N–H and O–H groups in total. The number of nitrogens with one attached hydrogen (secondary N) is 2. The quantitative estimate of drug-likeness (QED) is 0.785. The number of nitriles is 1. The second-order valence-corrected chi connectivity index (χ2v) is 3.58. The van der Waals surface area contributed by atoms with Crippen molar-refractivity contribution in [3.05, 3.63) is 15.5 Å². The van der Waals surface area contributed by atoms with Crippen molar-refractivity contribution in [3.63, 3.8) is 0 Å². The third-order valence-corrected chi connectivity index (χ3v) is 2.18. The minimum atomic E-state index is -0.494. The van der Waals surface area contributed by atoms with E-state index in [1.54, 1.807) is 13.1 Å². The SMILES string of the molecule is CC(C#N)NC(=O)c1[nH]ncc1I. The Morgan fingerprint density at radius 3 is 3.08 bits per heavy atom. The predicted molar refractivity (Wildman–Crippen MR) is 53.8 cm³/mol. The molecule has 0 saturated carbocycles. The topological polar surface area (TPSA) is 81.6 Å². The molecule has 1 unspecified atom stereocenters. The fourth-order valence-corrected chi connectivity index (χ4v) is 1.24. The number of carbonyl (C=O) groups is 1. The molecule has 0 spiro atoms. The molecule has 1 amide bonds. The van der Waals surface area contributed by atoms with Crippen LogP contribution in [0, 0.1) is 14.9 Å². The summed E-state index contributed by atoms with van der Waals surface area (Å²) < 4.78 is 0.736. The third-order valence-electron chi connectivity index (χ3n) is 1.36. The van der Waals surface area contributed by atoms with Gasteiger partial charge >= 0.3 is 0 Å². The van der Waals surface area contributed by atoms with Crippen LogP contribution in [-0.2, 0) is 0 Å². The van der Waals surface area contributed by atoms with Crippen molar-refractivity contribution in [3.8, 4) is 6.07 Å². The third kappa shape index (κ3) is 2.42. The van der Waals surface area contributed by atoms with Crippen LogP contribution < -0.4 is 5.32 Å². The molecule has 0 fully saturated rings. The second kappa shape index (κ2) is 4.23. The summed E-state index contributed by atoms with van der Waals surface area (Å²) in [6.07, 6.45) is 1.55. The van der Waals surface area contributed by atoms with Crippen molar-refractivity contribution in [2.45, 2.75) is 13.0 Å². The van der Waals surface area contributed by atoms with Gasteiger partial charge in [-0.1, -0.05) is 0 Å². The Morgan fingerprint density at radius 2 is 2.62 bits per heavy atom. The average molecular weight is 290 g/mol. The van der Waals surface area contributed by atoms with Gasteiger partial charge in [0.05, 0.1) is 15.8 Å². The first kappa shape index (κ1) is 9.98. The van der Waals surface area contributed by atoms with E-state index < -0.39 is 6.04 Å². The molecule has 0 aliphatic rings. The summed E-state index contributed by atoms with van der Waals surface area (Å²) in [5.41, 5.74) is 0.391. The molecular weight excluding hydrogens is 283 g/mol. The van der Waals surface area contributed by atoms with Gasteiger partial charge in [-0.25, -0.2) is 0 Å². The molecular formula is C7H7IN4O. The highest BCUT2D eigenvalue weighted by Crippen LogP contribution is 2.07. The predicted octanol–water partition coefficient (Wildman–Crippen LogP) is 0.656. The van der Waals surface area contributed by atoms with Crippen molar-refractivity contribution >= 4 is 28.5 Å². The van der Waals surface area contributed by atoms with Crippen molar-refractivity contribution in [2.24, 2.45) is 0 Å². The zero-order valence-electron chi connectivity index (χ0n) is 6.84. The molecule has 0 aromatic carbocycles. The molecule has 0 aliphatic heterocycles. The largest absolute Gasteiger partial charge is 0.335 e. The zero-order chi connectivity index (χ0) is 9.84. The Bertz CT molecular complexity index is 354. The number of nitrogens with zero attached hydrogens (tertiary/aromatic N) is 2. The lowest BCUT2D eigenvalue weighted by molar-refractivity contribution is 0.0942. The van der Waals surface area contributed by atoms with Gasteiger partial charge in [0.1, 0.15) is 11.7 Å². The summed E-state index contributed by atoms with van der Waals surface area (Å²) in [4.78, 5) is 11.4. The van der Waals surface area contributed by atoms with Crippen molar-refractivity contribution < 1.29 is 4.79 Å². The van der Waals surface area contributed by atoms with Crippen molar-refractivity contribution in [2.75, 3.05) is 0 Å². The number of rotatable bonds is 2. The molecule has 1 atom stereocenters. The van der Waals surface area contributed by atoms with E-state index >= 15 is 0 Å². The normalized spacial score (nSPS) is 11.8. The molecule has 13 heavy (non-hydrogen) atoms. The number of hydrogen-bond acceptors (Lipinski definition) is 3. The second-order valence-electron chi connectivity index (χ2n) is 2.42. The molecule has 1 heterocycles. The molecule has 6 heteroatoms. The minimum absolute atomic E-state index is 0.309. The first-order valence-electron chi connectivity index (χ1n) is 3.54. The number of H-pyrrole nitrogens is 1. The van der Waals surface area contributed by atoms with Gasteiger partial charge in [-0.05, 0) is 29.5 Å². The molecule has 1 aromatic rings. The summed E-state index contributed by atoms with van der Waals surface area (Å²) in [5.74, 6) is -0.309. The highest BCUT2D eigenvalue weighted by molar-refractivity contribution is 14.1. The average Bonchev–Trinajstić information content (AvgIpc) is 2.51. The van der Waals surface area contributed by atoms with Crippen molar-refractivity contribution in [1.29, 1.82) is 5.26 Å². The number of amides is 1. The van der Waals surface area contributed by atoms with E-state index in [0.717, 1.165) is 3.57 Å². The number of aromatic amines is 1. The Hall–Kier alpha value is -1.10. The minimum Gasteiger partial charge on any atom is -0.335 e.